The van der Waals surface area contributed by atoms with Crippen molar-refractivity contribution in [3.05, 3.63) is 0 Å². The zero-order valence-corrected chi connectivity index (χ0v) is 10.7. The first kappa shape index (κ1) is 14.9. The third kappa shape index (κ3) is 8.85. The maximum absolute atomic E-state index is 9.56. The van der Waals surface area contributed by atoms with Crippen molar-refractivity contribution in [2.24, 2.45) is 5.92 Å². The fourth-order valence-electron chi connectivity index (χ4n) is 1.62. The van der Waals surface area contributed by atoms with Gasteiger partial charge >= 0.3 is 0 Å². The molecule has 0 aliphatic carbocycles. The van der Waals surface area contributed by atoms with Gasteiger partial charge in [-0.25, -0.2) is 0 Å². The van der Waals surface area contributed by atoms with Gasteiger partial charge in [0, 0.05) is 20.6 Å². The molecule has 0 aromatic carbocycles. The largest absolute Gasteiger partial charge is 0.390 e. The first-order valence-corrected chi connectivity index (χ1v) is 5.67. The summed E-state index contributed by atoms with van der Waals surface area (Å²) in [7, 11) is 3.33. The van der Waals surface area contributed by atoms with Crippen LogP contribution in [0.1, 0.15) is 46.5 Å². The van der Waals surface area contributed by atoms with E-state index in [1.54, 1.807) is 14.2 Å². The van der Waals surface area contributed by atoms with Crippen molar-refractivity contribution >= 4 is 0 Å². The normalized spacial score (nSPS) is 14.6. The minimum Gasteiger partial charge on any atom is -0.390 e. The fourth-order valence-corrected chi connectivity index (χ4v) is 1.62. The van der Waals surface area contributed by atoms with Crippen molar-refractivity contribution in [3.8, 4) is 0 Å². The average molecular weight is 218 g/mol. The molecule has 0 spiro atoms. The molecule has 0 bridgehead atoms. The topological polar surface area (TPSA) is 38.7 Å². The average Bonchev–Trinajstić information content (AvgIpc) is 2.12. The molecule has 1 atom stereocenters. The van der Waals surface area contributed by atoms with Gasteiger partial charge in [0.05, 0.1) is 5.60 Å². The summed E-state index contributed by atoms with van der Waals surface area (Å²) in [5.74, 6) is 0.567. The van der Waals surface area contributed by atoms with Crippen LogP contribution in [0.3, 0.4) is 0 Å². The predicted octanol–water partition coefficient (Wildman–Crippen LogP) is 2.57. The standard InChI is InChI=1S/C12H26O3/c1-10(9-11(14-4)15-5)7-6-8-12(2,3)13/h10-11,13H,6-9H2,1-5H3/t10-/m1/s1. The second-order valence-electron chi connectivity index (χ2n) is 4.95. The molecule has 0 fully saturated rings. The second-order valence-corrected chi connectivity index (χ2v) is 4.95. The van der Waals surface area contributed by atoms with Crippen molar-refractivity contribution < 1.29 is 14.6 Å². The van der Waals surface area contributed by atoms with E-state index in [0.29, 0.717) is 5.92 Å². The van der Waals surface area contributed by atoms with Crippen LogP contribution in [0.2, 0.25) is 0 Å². The number of rotatable bonds is 8. The number of hydrogen-bond acceptors (Lipinski definition) is 3. The van der Waals surface area contributed by atoms with Gasteiger partial charge in [-0.15, -0.1) is 0 Å². The Bertz CT molecular complexity index is 147. The van der Waals surface area contributed by atoms with Crippen LogP contribution in [0.5, 0.6) is 0 Å². The molecule has 0 aromatic rings. The Morgan fingerprint density at radius 1 is 1.20 bits per heavy atom. The van der Waals surface area contributed by atoms with E-state index in [9.17, 15) is 5.11 Å². The van der Waals surface area contributed by atoms with Crippen LogP contribution in [-0.2, 0) is 9.47 Å². The molecule has 1 N–H and O–H groups in total. The molecular weight excluding hydrogens is 192 g/mol. The Kier molecular flexibility index (Phi) is 7.14. The minimum atomic E-state index is -0.540. The maximum atomic E-state index is 9.56. The molecule has 3 heteroatoms. The zero-order valence-electron chi connectivity index (χ0n) is 10.7. The molecular formula is C12H26O3. The molecule has 3 nitrogen and oxygen atoms in total. The molecule has 0 aromatic heterocycles. The van der Waals surface area contributed by atoms with E-state index in [-0.39, 0.29) is 6.29 Å². The van der Waals surface area contributed by atoms with Crippen LogP contribution in [0.4, 0.5) is 0 Å². The third-order valence-corrected chi connectivity index (χ3v) is 2.61. The van der Waals surface area contributed by atoms with Crippen LogP contribution >= 0.6 is 0 Å². The Balaban J connectivity index is 3.61. The summed E-state index contributed by atoms with van der Waals surface area (Å²) >= 11 is 0. The van der Waals surface area contributed by atoms with E-state index in [0.717, 1.165) is 25.7 Å². The fraction of sp³-hybridized carbons (Fsp3) is 1.00. The highest BCUT2D eigenvalue weighted by Crippen LogP contribution is 2.19. The molecule has 0 aliphatic heterocycles. The number of hydrogen-bond donors (Lipinski definition) is 1. The summed E-state index contributed by atoms with van der Waals surface area (Å²) in [6.07, 6.45) is 3.82. The van der Waals surface area contributed by atoms with Gasteiger partial charge in [0.2, 0.25) is 0 Å². The quantitative estimate of drug-likeness (QED) is 0.636. The van der Waals surface area contributed by atoms with Gasteiger partial charge in [-0.1, -0.05) is 19.8 Å². The molecule has 0 aliphatic rings. The summed E-state index contributed by atoms with van der Waals surface area (Å²) in [5, 5.41) is 9.56. The van der Waals surface area contributed by atoms with Gasteiger partial charge in [-0.05, 0) is 26.2 Å². The van der Waals surface area contributed by atoms with E-state index < -0.39 is 5.60 Å². The maximum Gasteiger partial charge on any atom is 0.157 e. The van der Waals surface area contributed by atoms with Crippen LogP contribution in [0.15, 0.2) is 0 Å². The summed E-state index contributed by atoms with van der Waals surface area (Å²) in [6, 6.07) is 0. The van der Waals surface area contributed by atoms with Crippen molar-refractivity contribution in [2.75, 3.05) is 14.2 Å². The molecule has 0 saturated carbocycles. The van der Waals surface area contributed by atoms with Gasteiger partial charge in [0.15, 0.2) is 6.29 Å². The molecule has 15 heavy (non-hydrogen) atoms. The summed E-state index contributed by atoms with van der Waals surface area (Å²) < 4.78 is 10.3. The van der Waals surface area contributed by atoms with Gasteiger partial charge in [0.25, 0.3) is 0 Å². The molecule has 0 rings (SSSR count). The molecule has 92 valence electrons. The lowest BCUT2D eigenvalue weighted by Crippen LogP contribution is -2.19. The second kappa shape index (κ2) is 7.20. The van der Waals surface area contributed by atoms with E-state index in [2.05, 4.69) is 6.92 Å². The SMILES string of the molecule is COC(C[C@H](C)CCCC(C)(C)O)OC. The van der Waals surface area contributed by atoms with E-state index >= 15 is 0 Å². The lowest BCUT2D eigenvalue weighted by molar-refractivity contribution is -0.113. The first-order chi connectivity index (χ1) is 6.89. The van der Waals surface area contributed by atoms with Crippen LogP contribution in [0.25, 0.3) is 0 Å². The molecule has 0 unspecified atom stereocenters. The van der Waals surface area contributed by atoms with E-state index in [1.807, 2.05) is 13.8 Å². The highest BCUT2D eigenvalue weighted by atomic mass is 16.7. The van der Waals surface area contributed by atoms with Crippen LogP contribution in [0, 0.1) is 5.92 Å². The molecule has 0 saturated heterocycles. The van der Waals surface area contributed by atoms with Gasteiger partial charge in [0.1, 0.15) is 0 Å². The summed E-state index contributed by atoms with van der Waals surface area (Å²) in [4.78, 5) is 0. The highest BCUT2D eigenvalue weighted by molar-refractivity contribution is 4.66. The highest BCUT2D eigenvalue weighted by Gasteiger charge is 2.15. The molecule has 0 radical (unpaired) electrons. The van der Waals surface area contributed by atoms with Crippen molar-refractivity contribution in [2.45, 2.75) is 58.3 Å². The monoisotopic (exact) mass is 218 g/mol. The lowest BCUT2D eigenvalue weighted by Gasteiger charge is -2.20. The lowest BCUT2D eigenvalue weighted by atomic mass is 9.95. The molecule has 0 amide bonds. The van der Waals surface area contributed by atoms with Gasteiger partial charge in [-0.3, -0.25) is 0 Å². The summed E-state index contributed by atoms with van der Waals surface area (Å²) in [6.45, 7) is 5.89. The van der Waals surface area contributed by atoms with Crippen molar-refractivity contribution in [1.82, 2.24) is 0 Å². The Morgan fingerprint density at radius 3 is 2.13 bits per heavy atom. The van der Waals surface area contributed by atoms with Crippen LogP contribution in [-0.4, -0.2) is 31.2 Å². The van der Waals surface area contributed by atoms with Crippen LogP contribution < -0.4 is 0 Å². The Hall–Kier alpha value is -0.120. The first-order valence-electron chi connectivity index (χ1n) is 5.67. The molecule has 0 heterocycles. The van der Waals surface area contributed by atoms with E-state index in [1.165, 1.54) is 0 Å². The number of methoxy groups -OCH3 is 2. The summed E-state index contributed by atoms with van der Waals surface area (Å²) in [5.41, 5.74) is -0.540. The van der Waals surface area contributed by atoms with Crippen molar-refractivity contribution in [3.63, 3.8) is 0 Å². The van der Waals surface area contributed by atoms with Crippen molar-refractivity contribution in [1.29, 1.82) is 0 Å². The smallest absolute Gasteiger partial charge is 0.157 e. The number of aliphatic hydroxyl groups is 1. The zero-order chi connectivity index (χ0) is 11.9. The number of ether oxygens (including phenoxy) is 2. The van der Waals surface area contributed by atoms with E-state index in [4.69, 9.17) is 9.47 Å². The third-order valence-electron chi connectivity index (χ3n) is 2.61. The minimum absolute atomic E-state index is 0.0952. The van der Waals surface area contributed by atoms with Gasteiger partial charge in [-0.2, -0.15) is 0 Å². The van der Waals surface area contributed by atoms with Gasteiger partial charge < -0.3 is 14.6 Å². The Labute approximate surface area is 93.8 Å². The predicted molar refractivity (Wildman–Crippen MR) is 61.7 cm³/mol. The Morgan fingerprint density at radius 2 is 1.73 bits per heavy atom.